The molecule has 0 bridgehead atoms. The molecule has 0 fully saturated rings. The van der Waals surface area contributed by atoms with Crippen molar-refractivity contribution in [3.8, 4) is 6.07 Å². The number of hydrogen-bond donors (Lipinski definition) is 0. The van der Waals surface area contributed by atoms with Gasteiger partial charge in [0.2, 0.25) is 0 Å². The van der Waals surface area contributed by atoms with Crippen molar-refractivity contribution < 1.29 is 9.53 Å². The van der Waals surface area contributed by atoms with Gasteiger partial charge in [0.25, 0.3) is 0 Å². The Kier molecular flexibility index (Phi) is 4.47. The van der Waals surface area contributed by atoms with Gasteiger partial charge in [-0.1, -0.05) is 6.92 Å². The number of rotatable bonds is 3. The number of ether oxygens (including phenoxy) is 1. The van der Waals surface area contributed by atoms with Crippen LogP contribution in [-0.4, -0.2) is 11.6 Å². The van der Waals surface area contributed by atoms with E-state index in [4.69, 9.17) is 10.00 Å². The van der Waals surface area contributed by atoms with Crippen molar-refractivity contribution in [3.05, 3.63) is 0 Å². The van der Waals surface area contributed by atoms with Crippen molar-refractivity contribution in [2.45, 2.75) is 46.1 Å². The summed E-state index contributed by atoms with van der Waals surface area (Å²) in [6.45, 7) is 7.35. The van der Waals surface area contributed by atoms with Crippen LogP contribution in [0.5, 0.6) is 0 Å². The summed E-state index contributed by atoms with van der Waals surface area (Å²) in [7, 11) is 0. The van der Waals surface area contributed by atoms with Crippen LogP contribution in [0.1, 0.15) is 40.5 Å². The van der Waals surface area contributed by atoms with Crippen LogP contribution in [0.15, 0.2) is 0 Å². The Bertz CT molecular complexity index is 210. The normalized spacial score (nSPS) is 13.2. The van der Waals surface area contributed by atoms with Crippen molar-refractivity contribution in [2.24, 2.45) is 5.92 Å². The fraction of sp³-hybridized carbons (Fsp3) is 0.800. The van der Waals surface area contributed by atoms with Crippen LogP contribution < -0.4 is 0 Å². The van der Waals surface area contributed by atoms with Gasteiger partial charge in [0.1, 0.15) is 5.60 Å². The Balaban J connectivity index is 4.16. The first-order chi connectivity index (χ1) is 5.90. The summed E-state index contributed by atoms with van der Waals surface area (Å²) in [5.74, 6) is -0.541. The van der Waals surface area contributed by atoms with Crippen LogP contribution >= 0.6 is 0 Å². The maximum atomic E-state index is 11.4. The first-order valence-corrected chi connectivity index (χ1v) is 4.50. The molecule has 0 aromatic heterocycles. The minimum absolute atomic E-state index is 0.241. The number of carbonyl (C=O) groups excluding carboxylic acids is 1. The highest BCUT2D eigenvalue weighted by Gasteiger charge is 2.23. The molecule has 0 aliphatic carbocycles. The zero-order valence-electron chi connectivity index (χ0n) is 8.76. The van der Waals surface area contributed by atoms with E-state index >= 15 is 0 Å². The van der Waals surface area contributed by atoms with E-state index in [0.717, 1.165) is 0 Å². The predicted octanol–water partition coefficient (Wildman–Crippen LogP) is 2.27. The Hall–Kier alpha value is -1.04. The molecule has 0 radical (unpaired) electrons. The summed E-state index contributed by atoms with van der Waals surface area (Å²) in [6.07, 6.45) is 0.897. The molecule has 3 heteroatoms. The van der Waals surface area contributed by atoms with E-state index in [1.807, 2.05) is 33.8 Å². The predicted molar refractivity (Wildman–Crippen MR) is 49.9 cm³/mol. The van der Waals surface area contributed by atoms with Gasteiger partial charge in [-0.3, -0.25) is 4.79 Å². The lowest BCUT2D eigenvalue weighted by molar-refractivity contribution is -0.159. The molecule has 0 aromatic carbocycles. The monoisotopic (exact) mass is 183 g/mol. The summed E-state index contributed by atoms with van der Waals surface area (Å²) < 4.78 is 5.15. The van der Waals surface area contributed by atoms with Crippen LogP contribution in [0.25, 0.3) is 0 Å². The average molecular weight is 183 g/mol. The quantitative estimate of drug-likeness (QED) is 0.630. The van der Waals surface area contributed by atoms with E-state index in [0.29, 0.717) is 6.42 Å². The summed E-state index contributed by atoms with van der Waals surface area (Å²) in [5, 5.41) is 8.46. The van der Waals surface area contributed by atoms with Crippen LogP contribution in [-0.2, 0) is 9.53 Å². The second-order valence-corrected chi connectivity index (χ2v) is 4.00. The molecule has 1 unspecified atom stereocenters. The Labute approximate surface area is 79.7 Å². The molecule has 0 spiro atoms. The number of esters is 1. The molecular weight excluding hydrogens is 166 g/mol. The van der Waals surface area contributed by atoms with Crippen LogP contribution in [0.3, 0.4) is 0 Å². The Morgan fingerprint density at radius 1 is 1.54 bits per heavy atom. The standard InChI is InChI=1S/C10H17NO2/c1-5-8(6-7-11)9(12)13-10(2,3)4/h8H,5-6H2,1-4H3. The molecule has 0 saturated heterocycles. The summed E-state index contributed by atoms with van der Waals surface area (Å²) >= 11 is 0. The first-order valence-electron chi connectivity index (χ1n) is 4.50. The molecule has 0 aromatic rings. The molecule has 0 heterocycles. The number of hydrogen-bond acceptors (Lipinski definition) is 3. The molecule has 0 saturated carbocycles. The number of nitriles is 1. The minimum atomic E-state index is -0.458. The molecule has 13 heavy (non-hydrogen) atoms. The van der Waals surface area contributed by atoms with Crippen molar-refractivity contribution in [1.29, 1.82) is 5.26 Å². The summed E-state index contributed by atoms with van der Waals surface area (Å²) in [6, 6.07) is 1.98. The Morgan fingerprint density at radius 3 is 2.38 bits per heavy atom. The van der Waals surface area contributed by atoms with E-state index in [1.165, 1.54) is 0 Å². The zero-order chi connectivity index (χ0) is 10.5. The third-order valence-electron chi connectivity index (χ3n) is 1.57. The number of carbonyl (C=O) groups is 1. The van der Waals surface area contributed by atoms with Crippen LogP contribution in [0, 0.1) is 17.2 Å². The van der Waals surface area contributed by atoms with Crippen molar-refractivity contribution >= 4 is 5.97 Å². The van der Waals surface area contributed by atoms with Gasteiger partial charge in [0.15, 0.2) is 0 Å². The van der Waals surface area contributed by atoms with E-state index in [1.54, 1.807) is 0 Å². The van der Waals surface area contributed by atoms with Gasteiger partial charge in [-0.15, -0.1) is 0 Å². The third-order valence-corrected chi connectivity index (χ3v) is 1.57. The fourth-order valence-corrected chi connectivity index (χ4v) is 0.890. The van der Waals surface area contributed by atoms with Crippen LogP contribution in [0.4, 0.5) is 0 Å². The van der Waals surface area contributed by atoms with Crippen LogP contribution in [0.2, 0.25) is 0 Å². The second-order valence-electron chi connectivity index (χ2n) is 4.00. The molecule has 0 aliphatic rings. The van der Waals surface area contributed by atoms with Gasteiger partial charge in [-0.2, -0.15) is 5.26 Å². The maximum Gasteiger partial charge on any atom is 0.310 e. The van der Waals surface area contributed by atoms with Gasteiger partial charge in [-0.25, -0.2) is 0 Å². The van der Waals surface area contributed by atoms with Gasteiger partial charge in [0, 0.05) is 6.42 Å². The van der Waals surface area contributed by atoms with Gasteiger partial charge in [0.05, 0.1) is 12.0 Å². The summed E-state index contributed by atoms with van der Waals surface area (Å²) in [5.41, 5.74) is -0.458. The highest BCUT2D eigenvalue weighted by molar-refractivity contribution is 5.73. The molecule has 1 atom stereocenters. The minimum Gasteiger partial charge on any atom is -0.460 e. The van der Waals surface area contributed by atoms with Gasteiger partial charge < -0.3 is 4.74 Å². The van der Waals surface area contributed by atoms with E-state index in [2.05, 4.69) is 0 Å². The highest BCUT2D eigenvalue weighted by atomic mass is 16.6. The smallest absolute Gasteiger partial charge is 0.310 e. The lowest BCUT2D eigenvalue weighted by Crippen LogP contribution is -2.28. The van der Waals surface area contributed by atoms with E-state index in [9.17, 15) is 4.79 Å². The van der Waals surface area contributed by atoms with Gasteiger partial charge in [-0.05, 0) is 27.2 Å². The lowest BCUT2D eigenvalue weighted by Gasteiger charge is -2.22. The average Bonchev–Trinajstić information content (AvgIpc) is 1.96. The Morgan fingerprint density at radius 2 is 2.08 bits per heavy atom. The van der Waals surface area contributed by atoms with Crippen molar-refractivity contribution in [1.82, 2.24) is 0 Å². The summed E-state index contributed by atoms with van der Waals surface area (Å²) in [4.78, 5) is 11.4. The van der Waals surface area contributed by atoms with E-state index < -0.39 is 5.60 Å². The molecule has 74 valence electrons. The second kappa shape index (κ2) is 4.86. The zero-order valence-corrected chi connectivity index (χ0v) is 8.76. The lowest BCUT2D eigenvalue weighted by atomic mass is 10.0. The topological polar surface area (TPSA) is 50.1 Å². The first kappa shape index (κ1) is 12.0. The van der Waals surface area contributed by atoms with Crippen molar-refractivity contribution in [3.63, 3.8) is 0 Å². The SMILES string of the molecule is CCC(CC#N)C(=O)OC(C)(C)C. The largest absolute Gasteiger partial charge is 0.460 e. The number of nitrogens with zero attached hydrogens (tertiary/aromatic N) is 1. The molecular formula is C10H17NO2. The van der Waals surface area contributed by atoms with Gasteiger partial charge >= 0.3 is 5.97 Å². The molecule has 0 N–H and O–H groups in total. The molecule has 0 aliphatic heterocycles. The highest BCUT2D eigenvalue weighted by Crippen LogP contribution is 2.15. The molecule has 0 amide bonds. The maximum absolute atomic E-state index is 11.4. The molecule has 0 rings (SSSR count). The molecule has 3 nitrogen and oxygen atoms in total. The fourth-order valence-electron chi connectivity index (χ4n) is 0.890. The van der Waals surface area contributed by atoms with E-state index in [-0.39, 0.29) is 18.3 Å². The third kappa shape index (κ3) is 5.24. The van der Waals surface area contributed by atoms with Crippen molar-refractivity contribution in [2.75, 3.05) is 0 Å².